The first-order chi connectivity index (χ1) is 9.25. The molecule has 3 rings (SSSR count). The Morgan fingerprint density at radius 1 is 1.42 bits per heavy atom. The predicted molar refractivity (Wildman–Crippen MR) is 74.0 cm³/mol. The van der Waals surface area contributed by atoms with Crippen LogP contribution in [0.2, 0.25) is 0 Å². The van der Waals surface area contributed by atoms with Gasteiger partial charge in [-0.3, -0.25) is 4.79 Å². The van der Waals surface area contributed by atoms with Crippen molar-refractivity contribution in [2.24, 2.45) is 0 Å². The number of benzene rings is 1. The molecule has 100 valence electrons. The lowest BCUT2D eigenvalue weighted by molar-refractivity contribution is -0.130. The SMILES string of the molecule is C[C@@H]1CNCCN1C(=O)C1=Cc2ccccc2OC1. The molecule has 1 atom stereocenters. The van der Waals surface area contributed by atoms with Gasteiger partial charge in [-0.15, -0.1) is 0 Å². The summed E-state index contributed by atoms with van der Waals surface area (Å²) in [6.07, 6.45) is 1.95. The number of carbonyl (C=O) groups is 1. The lowest BCUT2D eigenvalue weighted by atomic mass is 10.1. The van der Waals surface area contributed by atoms with Gasteiger partial charge in [0.25, 0.3) is 5.91 Å². The fraction of sp³-hybridized carbons (Fsp3) is 0.400. The molecule has 0 unspecified atom stereocenters. The molecule has 4 nitrogen and oxygen atoms in total. The van der Waals surface area contributed by atoms with Crippen LogP contribution >= 0.6 is 0 Å². The Hall–Kier alpha value is -1.81. The molecule has 1 saturated heterocycles. The fourth-order valence-electron chi connectivity index (χ4n) is 2.57. The fourth-order valence-corrected chi connectivity index (χ4v) is 2.57. The normalized spacial score (nSPS) is 22.3. The van der Waals surface area contributed by atoms with Crippen LogP contribution in [0, 0.1) is 0 Å². The van der Waals surface area contributed by atoms with Crippen molar-refractivity contribution >= 4 is 12.0 Å². The average Bonchev–Trinajstić information content (AvgIpc) is 2.46. The zero-order valence-corrected chi connectivity index (χ0v) is 11.1. The summed E-state index contributed by atoms with van der Waals surface area (Å²) < 4.78 is 5.65. The first kappa shape index (κ1) is 12.2. The molecule has 2 heterocycles. The molecular formula is C15H18N2O2. The zero-order valence-electron chi connectivity index (χ0n) is 11.1. The Labute approximate surface area is 113 Å². The largest absolute Gasteiger partial charge is 0.488 e. The molecule has 2 aliphatic rings. The van der Waals surface area contributed by atoms with Crippen molar-refractivity contribution in [1.29, 1.82) is 0 Å². The number of nitrogens with zero attached hydrogens (tertiary/aromatic N) is 1. The zero-order chi connectivity index (χ0) is 13.2. The van der Waals surface area contributed by atoms with Crippen molar-refractivity contribution in [2.45, 2.75) is 13.0 Å². The van der Waals surface area contributed by atoms with E-state index in [2.05, 4.69) is 12.2 Å². The third-order valence-electron chi connectivity index (χ3n) is 3.67. The quantitative estimate of drug-likeness (QED) is 0.825. The van der Waals surface area contributed by atoms with Crippen LogP contribution in [0.15, 0.2) is 29.8 Å². The number of fused-ring (bicyclic) bond motifs is 1. The van der Waals surface area contributed by atoms with Crippen molar-refractivity contribution in [3.8, 4) is 5.75 Å². The minimum atomic E-state index is 0.100. The minimum Gasteiger partial charge on any atom is -0.488 e. The summed E-state index contributed by atoms with van der Waals surface area (Å²) in [5.41, 5.74) is 1.73. The summed E-state index contributed by atoms with van der Waals surface area (Å²) in [5, 5.41) is 3.29. The molecule has 0 bridgehead atoms. The molecule has 1 aromatic carbocycles. The number of hydrogen-bond acceptors (Lipinski definition) is 3. The standard InChI is InChI=1S/C15H18N2O2/c1-11-9-16-6-7-17(11)15(18)13-8-12-4-2-3-5-14(12)19-10-13/h2-5,8,11,16H,6-7,9-10H2,1H3/t11-/m1/s1. The Kier molecular flexibility index (Phi) is 3.25. The van der Waals surface area contributed by atoms with Crippen molar-refractivity contribution in [3.05, 3.63) is 35.4 Å². The lowest BCUT2D eigenvalue weighted by Crippen LogP contribution is -2.53. The van der Waals surface area contributed by atoms with E-state index in [1.807, 2.05) is 35.2 Å². The first-order valence-corrected chi connectivity index (χ1v) is 6.70. The van der Waals surface area contributed by atoms with E-state index >= 15 is 0 Å². The van der Waals surface area contributed by atoms with Crippen LogP contribution in [0.3, 0.4) is 0 Å². The van der Waals surface area contributed by atoms with E-state index in [1.54, 1.807) is 0 Å². The van der Waals surface area contributed by atoms with Crippen LogP contribution in [0.4, 0.5) is 0 Å². The summed E-state index contributed by atoms with van der Waals surface area (Å²) in [4.78, 5) is 14.5. The number of amides is 1. The molecule has 0 aromatic heterocycles. The van der Waals surface area contributed by atoms with E-state index < -0.39 is 0 Å². The van der Waals surface area contributed by atoms with E-state index in [0.29, 0.717) is 6.61 Å². The number of piperazine rings is 1. The molecule has 1 amide bonds. The van der Waals surface area contributed by atoms with Gasteiger partial charge in [0.05, 0.1) is 5.57 Å². The van der Waals surface area contributed by atoms with Crippen LogP contribution in [0.1, 0.15) is 12.5 Å². The second kappa shape index (κ2) is 5.05. The molecule has 0 saturated carbocycles. The molecule has 0 aliphatic carbocycles. The molecule has 2 aliphatic heterocycles. The van der Waals surface area contributed by atoms with Gasteiger partial charge in [0.2, 0.25) is 0 Å². The molecule has 0 spiro atoms. The molecule has 1 aromatic rings. The smallest absolute Gasteiger partial charge is 0.253 e. The number of hydrogen-bond donors (Lipinski definition) is 1. The van der Waals surface area contributed by atoms with Crippen molar-refractivity contribution in [2.75, 3.05) is 26.2 Å². The summed E-state index contributed by atoms with van der Waals surface area (Å²) >= 11 is 0. The van der Waals surface area contributed by atoms with Crippen LogP contribution < -0.4 is 10.1 Å². The van der Waals surface area contributed by atoms with Gasteiger partial charge >= 0.3 is 0 Å². The van der Waals surface area contributed by atoms with Gasteiger partial charge in [-0.25, -0.2) is 0 Å². The van der Waals surface area contributed by atoms with Crippen LogP contribution in [0.5, 0.6) is 5.75 Å². The number of rotatable bonds is 1. The van der Waals surface area contributed by atoms with Gasteiger partial charge in [-0.2, -0.15) is 0 Å². The highest BCUT2D eigenvalue weighted by atomic mass is 16.5. The number of ether oxygens (including phenoxy) is 1. The van der Waals surface area contributed by atoms with Crippen molar-refractivity contribution in [3.63, 3.8) is 0 Å². The maximum Gasteiger partial charge on any atom is 0.253 e. The van der Waals surface area contributed by atoms with Crippen molar-refractivity contribution < 1.29 is 9.53 Å². The molecule has 19 heavy (non-hydrogen) atoms. The van der Waals surface area contributed by atoms with E-state index in [9.17, 15) is 4.79 Å². The minimum absolute atomic E-state index is 0.100. The van der Waals surface area contributed by atoms with Gasteiger partial charge in [-0.1, -0.05) is 18.2 Å². The van der Waals surface area contributed by atoms with E-state index in [4.69, 9.17) is 4.74 Å². The van der Waals surface area contributed by atoms with E-state index in [0.717, 1.165) is 36.5 Å². The Bertz CT molecular complexity index is 525. The Balaban J connectivity index is 1.83. The highest BCUT2D eigenvalue weighted by Gasteiger charge is 2.27. The molecule has 4 heteroatoms. The molecule has 1 N–H and O–H groups in total. The third kappa shape index (κ3) is 2.36. The Morgan fingerprint density at radius 2 is 2.26 bits per heavy atom. The van der Waals surface area contributed by atoms with Gasteiger partial charge in [0, 0.05) is 31.2 Å². The van der Waals surface area contributed by atoms with Gasteiger partial charge in [0.15, 0.2) is 0 Å². The second-order valence-corrected chi connectivity index (χ2v) is 5.05. The summed E-state index contributed by atoms with van der Waals surface area (Å²) in [5.74, 6) is 0.955. The summed E-state index contributed by atoms with van der Waals surface area (Å²) in [6.45, 7) is 4.92. The summed E-state index contributed by atoms with van der Waals surface area (Å²) in [7, 11) is 0. The maximum atomic E-state index is 12.5. The maximum absolute atomic E-state index is 12.5. The van der Waals surface area contributed by atoms with Crippen LogP contribution in [0.25, 0.3) is 6.08 Å². The first-order valence-electron chi connectivity index (χ1n) is 6.70. The van der Waals surface area contributed by atoms with E-state index in [1.165, 1.54) is 0 Å². The highest BCUT2D eigenvalue weighted by molar-refractivity contribution is 5.99. The highest BCUT2D eigenvalue weighted by Crippen LogP contribution is 2.26. The number of nitrogens with one attached hydrogen (secondary N) is 1. The van der Waals surface area contributed by atoms with E-state index in [-0.39, 0.29) is 11.9 Å². The molecule has 1 fully saturated rings. The molecule has 0 radical (unpaired) electrons. The number of para-hydroxylation sites is 1. The monoisotopic (exact) mass is 258 g/mol. The van der Waals surface area contributed by atoms with Gasteiger partial charge < -0.3 is 15.0 Å². The topological polar surface area (TPSA) is 41.6 Å². The summed E-state index contributed by atoms with van der Waals surface area (Å²) in [6, 6.07) is 8.04. The molecular weight excluding hydrogens is 240 g/mol. The van der Waals surface area contributed by atoms with Gasteiger partial charge in [-0.05, 0) is 19.1 Å². The van der Waals surface area contributed by atoms with Crippen LogP contribution in [-0.2, 0) is 4.79 Å². The predicted octanol–water partition coefficient (Wildman–Crippen LogP) is 1.28. The number of carbonyl (C=O) groups excluding carboxylic acids is 1. The average molecular weight is 258 g/mol. The lowest BCUT2D eigenvalue weighted by Gasteiger charge is -2.35. The van der Waals surface area contributed by atoms with Crippen molar-refractivity contribution in [1.82, 2.24) is 10.2 Å². The third-order valence-corrected chi connectivity index (χ3v) is 3.67. The van der Waals surface area contributed by atoms with Gasteiger partial charge in [0.1, 0.15) is 12.4 Å². The van der Waals surface area contributed by atoms with Crippen LogP contribution in [-0.4, -0.2) is 43.1 Å². The second-order valence-electron chi connectivity index (χ2n) is 5.05. The Morgan fingerprint density at radius 3 is 3.11 bits per heavy atom.